The van der Waals surface area contributed by atoms with Gasteiger partial charge < -0.3 is 14.9 Å². The topological polar surface area (TPSA) is 66.8 Å². The number of phenols is 1. The molecule has 16 heavy (non-hydrogen) atoms. The maximum Gasteiger partial charge on any atom is 0.328 e. The molecule has 0 fully saturated rings. The first kappa shape index (κ1) is 12.6. The van der Waals surface area contributed by atoms with Gasteiger partial charge in [-0.3, -0.25) is 0 Å². The van der Waals surface area contributed by atoms with Crippen molar-refractivity contribution in [2.24, 2.45) is 0 Å². The molecule has 0 atom stereocenters. The minimum absolute atomic E-state index is 0.0150. The van der Waals surface area contributed by atoms with E-state index in [0.717, 1.165) is 6.08 Å². The third kappa shape index (κ3) is 3.27. The van der Waals surface area contributed by atoms with Crippen LogP contribution >= 0.6 is 15.9 Å². The lowest BCUT2D eigenvalue weighted by atomic mass is 10.2. The number of carbonyl (C=O) groups is 1. The van der Waals surface area contributed by atoms with Crippen LogP contribution in [0.4, 0.5) is 0 Å². The molecule has 1 aromatic rings. The number of phenolic OH excluding ortho intramolecular Hbond substituents is 1. The van der Waals surface area contributed by atoms with Crippen LogP contribution in [0.5, 0.6) is 11.5 Å². The predicted molar refractivity (Wildman–Crippen MR) is 63.6 cm³/mol. The lowest BCUT2D eigenvalue weighted by Gasteiger charge is -2.08. The van der Waals surface area contributed by atoms with Crippen molar-refractivity contribution < 1.29 is 19.7 Å². The number of benzene rings is 1. The second kappa shape index (κ2) is 5.55. The molecule has 1 rings (SSSR count). The molecular formula is C11H11BrO4. The van der Waals surface area contributed by atoms with Gasteiger partial charge in [-0.2, -0.15) is 0 Å². The van der Waals surface area contributed by atoms with E-state index in [1.165, 1.54) is 12.1 Å². The SMILES string of the molecule is CCOc1cc(/C=C/C(=O)O)c(Br)cc1O. The molecule has 4 nitrogen and oxygen atoms in total. The molecule has 0 spiro atoms. The van der Waals surface area contributed by atoms with Crippen molar-refractivity contribution in [2.45, 2.75) is 6.92 Å². The average Bonchev–Trinajstić information content (AvgIpc) is 2.20. The fraction of sp³-hybridized carbons (Fsp3) is 0.182. The van der Waals surface area contributed by atoms with Crippen LogP contribution < -0.4 is 4.74 Å². The lowest BCUT2D eigenvalue weighted by Crippen LogP contribution is -1.93. The Morgan fingerprint density at radius 1 is 1.56 bits per heavy atom. The highest BCUT2D eigenvalue weighted by Crippen LogP contribution is 2.33. The summed E-state index contributed by atoms with van der Waals surface area (Å²) in [5.74, 6) is -0.685. The number of halogens is 1. The predicted octanol–water partition coefficient (Wildman–Crippen LogP) is 2.65. The Morgan fingerprint density at radius 3 is 2.81 bits per heavy atom. The molecule has 86 valence electrons. The molecule has 0 aliphatic rings. The highest BCUT2D eigenvalue weighted by molar-refractivity contribution is 9.10. The minimum Gasteiger partial charge on any atom is -0.504 e. The smallest absolute Gasteiger partial charge is 0.328 e. The molecule has 0 bridgehead atoms. The second-order valence-electron chi connectivity index (χ2n) is 2.95. The van der Waals surface area contributed by atoms with Crippen LogP contribution in [-0.2, 0) is 4.79 Å². The Kier molecular flexibility index (Phi) is 4.37. The first-order chi connectivity index (χ1) is 7.54. The Bertz CT molecular complexity index is 426. The van der Waals surface area contributed by atoms with E-state index in [4.69, 9.17) is 9.84 Å². The van der Waals surface area contributed by atoms with Crippen LogP contribution in [0, 0.1) is 0 Å². The van der Waals surface area contributed by atoms with Gasteiger partial charge in [-0.05, 0) is 30.7 Å². The van der Waals surface area contributed by atoms with Crippen LogP contribution in [-0.4, -0.2) is 22.8 Å². The Hall–Kier alpha value is -1.49. The van der Waals surface area contributed by atoms with E-state index in [0.29, 0.717) is 22.4 Å². The van der Waals surface area contributed by atoms with Gasteiger partial charge >= 0.3 is 5.97 Å². The van der Waals surface area contributed by atoms with Crippen LogP contribution in [0.15, 0.2) is 22.7 Å². The molecule has 0 amide bonds. The summed E-state index contributed by atoms with van der Waals surface area (Å²) in [7, 11) is 0. The van der Waals surface area contributed by atoms with Gasteiger partial charge in [-0.25, -0.2) is 4.79 Å². The zero-order chi connectivity index (χ0) is 12.1. The molecule has 0 heterocycles. The molecule has 0 aliphatic carbocycles. The first-order valence-electron chi connectivity index (χ1n) is 4.61. The number of hydrogen-bond donors (Lipinski definition) is 2. The van der Waals surface area contributed by atoms with Crippen molar-refractivity contribution in [1.82, 2.24) is 0 Å². The maximum atomic E-state index is 10.4. The van der Waals surface area contributed by atoms with E-state index in [1.54, 1.807) is 13.0 Å². The first-order valence-corrected chi connectivity index (χ1v) is 5.40. The molecule has 5 heteroatoms. The van der Waals surface area contributed by atoms with Gasteiger partial charge in [0.2, 0.25) is 0 Å². The molecule has 2 N–H and O–H groups in total. The molecule has 0 radical (unpaired) electrons. The van der Waals surface area contributed by atoms with Crippen LogP contribution in [0.1, 0.15) is 12.5 Å². The molecule has 0 saturated heterocycles. The summed E-state index contributed by atoms with van der Waals surface area (Å²) < 4.78 is 5.79. The third-order valence-electron chi connectivity index (χ3n) is 1.78. The summed E-state index contributed by atoms with van der Waals surface area (Å²) in [6.07, 6.45) is 2.45. The van der Waals surface area contributed by atoms with E-state index >= 15 is 0 Å². The summed E-state index contributed by atoms with van der Waals surface area (Å²) in [4.78, 5) is 10.4. The molecule has 0 saturated carbocycles. The van der Waals surface area contributed by atoms with E-state index in [-0.39, 0.29) is 5.75 Å². The summed E-state index contributed by atoms with van der Waals surface area (Å²) in [6.45, 7) is 2.23. The third-order valence-corrected chi connectivity index (χ3v) is 2.47. The molecular weight excluding hydrogens is 276 g/mol. The fourth-order valence-corrected chi connectivity index (χ4v) is 1.58. The summed E-state index contributed by atoms with van der Waals surface area (Å²) in [6, 6.07) is 3.04. The van der Waals surface area contributed by atoms with Gasteiger partial charge in [-0.15, -0.1) is 0 Å². The Balaban J connectivity index is 3.09. The largest absolute Gasteiger partial charge is 0.504 e. The zero-order valence-corrected chi connectivity index (χ0v) is 10.2. The van der Waals surface area contributed by atoms with Gasteiger partial charge in [0, 0.05) is 10.5 Å². The maximum absolute atomic E-state index is 10.4. The number of aromatic hydroxyl groups is 1. The minimum atomic E-state index is -1.03. The summed E-state index contributed by atoms with van der Waals surface area (Å²) in [5, 5.41) is 18.0. The number of rotatable bonds is 4. The van der Waals surface area contributed by atoms with E-state index < -0.39 is 5.97 Å². The van der Waals surface area contributed by atoms with Crippen molar-refractivity contribution in [1.29, 1.82) is 0 Å². The Labute approximate surface area is 101 Å². The van der Waals surface area contributed by atoms with Gasteiger partial charge in [-0.1, -0.05) is 15.9 Å². The lowest BCUT2D eigenvalue weighted by molar-refractivity contribution is -0.131. The van der Waals surface area contributed by atoms with E-state index in [9.17, 15) is 9.90 Å². The molecule has 0 aliphatic heterocycles. The average molecular weight is 287 g/mol. The number of ether oxygens (including phenoxy) is 1. The number of carboxylic acid groups (broad SMARTS) is 1. The summed E-state index contributed by atoms with van der Waals surface area (Å²) >= 11 is 3.22. The second-order valence-corrected chi connectivity index (χ2v) is 3.80. The van der Waals surface area contributed by atoms with E-state index in [1.807, 2.05) is 0 Å². The van der Waals surface area contributed by atoms with Crippen LogP contribution in [0.2, 0.25) is 0 Å². The van der Waals surface area contributed by atoms with Crippen LogP contribution in [0.3, 0.4) is 0 Å². The van der Waals surface area contributed by atoms with Crippen molar-refractivity contribution in [3.05, 3.63) is 28.2 Å². The van der Waals surface area contributed by atoms with Crippen molar-refractivity contribution in [3.8, 4) is 11.5 Å². The fourth-order valence-electron chi connectivity index (χ4n) is 1.12. The zero-order valence-electron chi connectivity index (χ0n) is 8.61. The molecule has 1 aromatic carbocycles. The van der Waals surface area contributed by atoms with Gasteiger partial charge in [0.25, 0.3) is 0 Å². The van der Waals surface area contributed by atoms with Gasteiger partial charge in [0.15, 0.2) is 11.5 Å². The van der Waals surface area contributed by atoms with Gasteiger partial charge in [0.1, 0.15) is 0 Å². The van der Waals surface area contributed by atoms with E-state index in [2.05, 4.69) is 15.9 Å². The van der Waals surface area contributed by atoms with Crippen molar-refractivity contribution in [3.63, 3.8) is 0 Å². The monoisotopic (exact) mass is 286 g/mol. The van der Waals surface area contributed by atoms with Gasteiger partial charge in [0.05, 0.1) is 6.61 Å². The van der Waals surface area contributed by atoms with Crippen molar-refractivity contribution >= 4 is 28.0 Å². The number of aliphatic carboxylic acids is 1. The molecule has 0 unspecified atom stereocenters. The number of hydrogen-bond acceptors (Lipinski definition) is 3. The highest BCUT2D eigenvalue weighted by Gasteiger charge is 2.06. The molecule has 0 aromatic heterocycles. The highest BCUT2D eigenvalue weighted by atomic mass is 79.9. The quantitative estimate of drug-likeness (QED) is 0.835. The summed E-state index contributed by atoms with van der Waals surface area (Å²) in [5.41, 5.74) is 0.628. The normalized spacial score (nSPS) is 10.6. The van der Waals surface area contributed by atoms with Crippen molar-refractivity contribution in [2.75, 3.05) is 6.61 Å². The Morgan fingerprint density at radius 2 is 2.25 bits per heavy atom. The number of carboxylic acids is 1. The standard InChI is InChI=1S/C11H11BrO4/c1-2-16-10-5-7(3-4-11(14)15)8(12)6-9(10)13/h3-6,13H,2H2,1H3,(H,14,15)/b4-3+. The van der Waals surface area contributed by atoms with Crippen LogP contribution in [0.25, 0.3) is 6.08 Å².